The fourth-order valence-corrected chi connectivity index (χ4v) is 1.27. The highest BCUT2D eigenvalue weighted by atomic mass is 16.7. The zero-order chi connectivity index (χ0) is 11.9. The second kappa shape index (κ2) is 6.69. The van der Waals surface area contributed by atoms with Crippen LogP contribution in [0.1, 0.15) is 40.5 Å². The maximum Gasteiger partial charge on any atom is 0.225 e. The van der Waals surface area contributed by atoms with Crippen molar-refractivity contribution in [2.45, 2.75) is 46.3 Å². The van der Waals surface area contributed by atoms with Gasteiger partial charge in [0.05, 0.1) is 0 Å². The minimum absolute atomic E-state index is 0.00121. The van der Waals surface area contributed by atoms with Crippen LogP contribution in [0.3, 0.4) is 0 Å². The predicted molar refractivity (Wildman–Crippen MR) is 56.6 cm³/mol. The first-order chi connectivity index (χ1) is 6.96. The van der Waals surface area contributed by atoms with Crippen molar-refractivity contribution < 1.29 is 19.1 Å². The molecule has 0 aliphatic carbocycles. The summed E-state index contributed by atoms with van der Waals surface area (Å²) in [4.78, 5) is 22.5. The summed E-state index contributed by atoms with van der Waals surface area (Å²) in [5.41, 5.74) is 0. The molecule has 0 spiro atoms. The van der Waals surface area contributed by atoms with Gasteiger partial charge < -0.3 is 14.3 Å². The number of ketones is 2. The van der Waals surface area contributed by atoms with E-state index < -0.39 is 5.79 Å². The fraction of sp³-hybridized carbons (Fsp3) is 0.818. The molecule has 0 atom stereocenters. The van der Waals surface area contributed by atoms with E-state index in [1.807, 2.05) is 0 Å². The summed E-state index contributed by atoms with van der Waals surface area (Å²) in [6.45, 7) is 7.48. The van der Waals surface area contributed by atoms with Crippen molar-refractivity contribution in [1.29, 1.82) is 0 Å². The Bertz CT molecular complexity index is 217. The number of rotatable bonds is 8. The van der Waals surface area contributed by atoms with Crippen molar-refractivity contribution in [2.24, 2.45) is 0 Å². The summed E-state index contributed by atoms with van der Waals surface area (Å²) in [6.07, 6.45) is 0.417. The van der Waals surface area contributed by atoms with Gasteiger partial charge in [0.1, 0.15) is 5.78 Å². The Labute approximate surface area is 90.9 Å². The van der Waals surface area contributed by atoms with Crippen LogP contribution in [-0.4, -0.2) is 30.6 Å². The molecular weight excluding hydrogens is 196 g/mol. The maximum absolute atomic E-state index is 11.7. The number of hydrogen-bond acceptors (Lipinski definition) is 4. The highest BCUT2D eigenvalue weighted by molar-refractivity contribution is 5.89. The van der Waals surface area contributed by atoms with Gasteiger partial charge in [-0.15, -0.1) is 0 Å². The molecule has 0 radical (unpaired) electrons. The fourth-order valence-electron chi connectivity index (χ4n) is 1.27. The van der Waals surface area contributed by atoms with Gasteiger partial charge in [-0.25, -0.2) is 0 Å². The average molecular weight is 216 g/mol. The minimum Gasteiger partial charge on any atom is -0.344 e. The molecule has 88 valence electrons. The number of ether oxygens (including phenoxy) is 2. The summed E-state index contributed by atoms with van der Waals surface area (Å²) < 4.78 is 10.6. The SMILES string of the molecule is CCOC(C)(OCC)C(=O)CCC(C)=O. The van der Waals surface area contributed by atoms with E-state index in [-0.39, 0.29) is 24.4 Å². The quantitative estimate of drug-likeness (QED) is 0.580. The summed E-state index contributed by atoms with van der Waals surface area (Å²) in [6, 6.07) is 0. The van der Waals surface area contributed by atoms with E-state index in [1.165, 1.54) is 6.92 Å². The number of carbonyl (C=O) groups excluding carboxylic acids is 2. The Balaban J connectivity index is 4.33. The molecular formula is C11H20O4. The lowest BCUT2D eigenvalue weighted by molar-refractivity contribution is -0.217. The van der Waals surface area contributed by atoms with Gasteiger partial charge in [0.25, 0.3) is 0 Å². The zero-order valence-corrected chi connectivity index (χ0v) is 9.96. The van der Waals surface area contributed by atoms with Crippen molar-refractivity contribution in [2.75, 3.05) is 13.2 Å². The molecule has 4 heteroatoms. The molecule has 0 aromatic rings. The molecule has 0 amide bonds. The van der Waals surface area contributed by atoms with E-state index >= 15 is 0 Å². The van der Waals surface area contributed by atoms with Crippen molar-refractivity contribution in [3.8, 4) is 0 Å². The number of hydrogen-bond donors (Lipinski definition) is 0. The monoisotopic (exact) mass is 216 g/mol. The Morgan fingerprint density at radius 1 is 1.07 bits per heavy atom. The van der Waals surface area contributed by atoms with Crippen LogP contribution in [-0.2, 0) is 19.1 Å². The standard InChI is InChI=1S/C11H20O4/c1-5-14-11(4,15-6-2)10(13)8-7-9(3)12/h5-8H2,1-4H3. The highest BCUT2D eigenvalue weighted by Crippen LogP contribution is 2.17. The zero-order valence-electron chi connectivity index (χ0n) is 9.96. The van der Waals surface area contributed by atoms with Gasteiger partial charge in [0, 0.05) is 26.1 Å². The van der Waals surface area contributed by atoms with Gasteiger partial charge >= 0.3 is 0 Å². The van der Waals surface area contributed by atoms with E-state index in [0.29, 0.717) is 13.2 Å². The molecule has 15 heavy (non-hydrogen) atoms. The number of carbonyl (C=O) groups is 2. The molecule has 0 aromatic heterocycles. The second-order valence-corrected chi connectivity index (χ2v) is 3.44. The van der Waals surface area contributed by atoms with Gasteiger partial charge in [0.2, 0.25) is 5.79 Å². The second-order valence-electron chi connectivity index (χ2n) is 3.44. The van der Waals surface area contributed by atoms with Gasteiger partial charge in [-0.1, -0.05) is 0 Å². The van der Waals surface area contributed by atoms with E-state index in [2.05, 4.69) is 0 Å². The van der Waals surface area contributed by atoms with Crippen LogP contribution in [0.25, 0.3) is 0 Å². The Morgan fingerprint density at radius 3 is 1.87 bits per heavy atom. The molecule has 0 heterocycles. The smallest absolute Gasteiger partial charge is 0.225 e. The molecule has 0 saturated carbocycles. The molecule has 0 aromatic carbocycles. The third kappa shape index (κ3) is 5.04. The van der Waals surface area contributed by atoms with Gasteiger partial charge in [-0.05, 0) is 27.7 Å². The van der Waals surface area contributed by atoms with Crippen LogP contribution in [0, 0.1) is 0 Å². The van der Waals surface area contributed by atoms with Gasteiger partial charge in [0.15, 0.2) is 5.78 Å². The van der Waals surface area contributed by atoms with Crippen LogP contribution in [0.5, 0.6) is 0 Å². The third-order valence-corrected chi connectivity index (χ3v) is 2.05. The molecule has 0 aliphatic heterocycles. The summed E-state index contributed by atoms with van der Waals surface area (Å²) >= 11 is 0. The molecule has 0 saturated heterocycles. The van der Waals surface area contributed by atoms with Crippen LogP contribution in [0.4, 0.5) is 0 Å². The predicted octanol–water partition coefficient (Wildman–Crippen LogP) is 1.71. The summed E-state index contributed by atoms with van der Waals surface area (Å²) in [5, 5.41) is 0. The van der Waals surface area contributed by atoms with E-state index in [4.69, 9.17) is 9.47 Å². The van der Waals surface area contributed by atoms with E-state index in [0.717, 1.165) is 0 Å². The molecule has 0 unspecified atom stereocenters. The van der Waals surface area contributed by atoms with E-state index in [1.54, 1.807) is 20.8 Å². The van der Waals surface area contributed by atoms with Gasteiger partial charge in [-0.3, -0.25) is 4.79 Å². The Morgan fingerprint density at radius 2 is 1.53 bits per heavy atom. The molecule has 0 N–H and O–H groups in total. The van der Waals surface area contributed by atoms with Crippen molar-refractivity contribution in [3.63, 3.8) is 0 Å². The summed E-state index contributed by atoms with van der Waals surface area (Å²) in [5.74, 6) is -1.38. The molecule has 0 bridgehead atoms. The van der Waals surface area contributed by atoms with Crippen LogP contribution in [0.2, 0.25) is 0 Å². The minimum atomic E-state index is -1.20. The topological polar surface area (TPSA) is 52.6 Å². The lowest BCUT2D eigenvalue weighted by Crippen LogP contribution is -2.41. The van der Waals surface area contributed by atoms with Crippen LogP contribution in [0.15, 0.2) is 0 Å². The van der Waals surface area contributed by atoms with Crippen molar-refractivity contribution >= 4 is 11.6 Å². The molecule has 4 nitrogen and oxygen atoms in total. The lowest BCUT2D eigenvalue weighted by Gasteiger charge is -2.27. The van der Waals surface area contributed by atoms with Crippen LogP contribution >= 0.6 is 0 Å². The van der Waals surface area contributed by atoms with Crippen molar-refractivity contribution in [1.82, 2.24) is 0 Å². The first-order valence-electron chi connectivity index (χ1n) is 5.27. The summed E-state index contributed by atoms with van der Waals surface area (Å²) in [7, 11) is 0. The average Bonchev–Trinajstić information content (AvgIpc) is 2.14. The first kappa shape index (κ1) is 14.3. The van der Waals surface area contributed by atoms with Crippen molar-refractivity contribution in [3.05, 3.63) is 0 Å². The number of Topliss-reactive ketones (excluding diaryl/α,β-unsaturated/α-hetero) is 2. The molecule has 0 fully saturated rings. The van der Waals surface area contributed by atoms with Gasteiger partial charge in [-0.2, -0.15) is 0 Å². The maximum atomic E-state index is 11.7. The molecule has 0 aliphatic rings. The normalized spacial score (nSPS) is 11.5. The Hall–Kier alpha value is -0.740. The van der Waals surface area contributed by atoms with E-state index in [9.17, 15) is 9.59 Å². The Kier molecular flexibility index (Phi) is 6.36. The third-order valence-electron chi connectivity index (χ3n) is 2.05. The lowest BCUT2D eigenvalue weighted by atomic mass is 10.1. The van der Waals surface area contributed by atoms with Crippen LogP contribution < -0.4 is 0 Å². The first-order valence-corrected chi connectivity index (χ1v) is 5.27. The molecule has 0 rings (SSSR count). The highest BCUT2D eigenvalue weighted by Gasteiger charge is 2.33. The largest absolute Gasteiger partial charge is 0.344 e.